The second kappa shape index (κ2) is 12.5. The van der Waals surface area contributed by atoms with Gasteiger partial charge in [0.05, 0.1) is 22.6 Å². The van der Waals surface area contributed by atoms with E-state index in [0.717, 1.165) is 0 Å². The molecule has 0 heterocycles. The van der Waals surface area contributed by atoms with Crippen molar-refractivity contribution in [1.29, 1.82) is 0 Å². The number of para-hydroxylation sites is 1. The Bertz CT molecular complexity index is 1210. The summed E-state index contributed by atoms with van der Waals surface area (Å²) in [5, 5.41) is 16.4. The predicted molar refractivity (Wildman–Crippen MR) is 138 cm³/mol. The van der Waals surface area contributed by atoms with E-state index in [-0.39, 0.29) is 16.8 Å². The highest BCUT2D eigenvalue weighted by Crippen LogP contribution is 2.26. The maximum Gasteiger partial charge on any atom is 0.408 e. The quantitative estimate of drug-likeness (QED) is 0.164. The van der Waals surface area contributed by atoms with Crippen molar-refractivity contribution in [3.63, 3.8) is 0 Å². The summed E-state index contributed by atoms with van der Waals surface area (Å²) in [7, 11) is 0. The molecular formula is C27H31N3O7. The first-order valence-electron chi connectivity index (χ1n) is 11.6. The Morgan fingerprint density at radius 2 is 1.59 bits per heavy atom. The molecule has 0 aliphatic heterocycles. The topological polar surface area (TPSA) is 137 Å². The van der Waals surface area contributed by atoms with Crippen molar-refractivity contribution in [2.24, 2.45) is 0 Å². The number of benzene rings is 2. The van der Waals surface area contributed by atoms with Gasteiger partial charge in [-0.05, 0) is 71.4 Å². The molecule has 2 aromatic carbocycles. The number of esters is 1. The summed E-state index contributed by atoms with van der Waals surface area (Å²) < 4.78 is 10.7. The number of anilines is 1. The molecule has 0 aliphatic carbocycles. The smallest absolute Gasteiger partial charge is 0.408 e. The molecule has 2 amide bonds. The number of hydrogen-bond donors (Lipinski definition) is 2. The van der Waals surface area contributed by atoms with Crippen LogP contribution in [0.5, 0.6) is 0 Å². The molecule has 0 saturated carbocycles. The van der Waals surface area contributed by atoms with Gasteiger partial charge in [0, 0.05) is 17.8 Å². The van der Waals surface area contributed by atoms with Crippen molar-refractivity contribution >= 4 is 29.3 Å². The number of nitro benzene ring substituents is 1. The summed E-state index contributed by atoms with van der Waals surface area (Å²) in [6.45, 7) is 9.79. The molecule has 2 rings (SSSR count). The fraction of sp³-hybridized carbons (Fsp3) is 0.333. The number of alkyl carbamates (subject to hydrolysis) is 1. The summed E-state index contributed by atoms with van der Waals surface area (Å²) in [6, 6.07) is 12.8. The number of non-ortho nitro benzene ring substituents is 1. The zero-order valence-corrected chi connectivity index (χ0v) is 21.7. The molecule has 0 bridgehead atoms. The standard InChI is InChI=1S/C27H31N3O7/c1-17(2)36-25(32)22(16-18(3)24(31)28-20-10-8-7-9-11-20)23(29-26(33)37-27(4,5)6)19-12-14-21(15-13-19)30(34)35/h7-15,17,23H,1-6H3,(H,28,31)(H,29,33). The van der Waals surface area contributed by atoms with E-state index >= 15 is 0 Å². The van der Waals surface area contributed by atoms with Gasteiger partial charge in [0.2, 0.25) is 0 Å². The van der Waals surface area contributed by atoms with Crippen LogP contribution in [0.2, 0.25) is 0 Å². The number of amides is 2. The van der Waals surface area contributed by atoms with Crippen LogP contribution in [0.4, 0.5) is 16.2 Å². The lowest BCUT2D eigenvalue weighted by Gasteiger charge is -2.24. The molecule has 2 aromatic rings. The van der Waals surface area contributed by atoms with Gasteiger partial charge in [-0.2, -0.15) is 0 Å². The van der Waals surface area contributed by atoms with Crippen LogP contribution >= 0.6 is 0 Å². The number of nitrogens with zero attached hydrogens (tertiary/aromatic N) is 1. The van der Waals surface area contributed by atoms with Gasteiger partial charge in [-0.25, -0.2) is 9.59 Å². The molecular weight excluding hydrogens is 478 g/mol. The van der Waals surface area contributed by atoms with E-state index in [1.807, 2.05) is 0 Å². The van der Waals surface area contributed by atoms with Gasteiger partial charge in [0.25, 0.3) is 11.6 Å². The largest absolute Gasteiger partial charge is 0.459 e. The maximum absolute atomic E-state index is 13.2. The molecule has 37 heavy (non-hydrogen) atoms. The van der Waals surface area contributed by atoms with Gasteiger partial charge in [0.15, 0.2) is 0 Å². The van der Waals surface area contributed by atoms with Crippen molar-refractivity contribution in [1.82, 2.24) is 5.32 Å². The lowest BCUT2D eigenvalue weighted by atomic mass is 9.98. The monoisotopic (exact) mass is 509 g/mol. The average molecular weight is 510 g/mol. The molecule has 0 aliphatic rings. The Morgan fingerprint density at radius 3 is 2.11 bits per heavy atom. The van der Waals surface area contributed by atoms with Crippen molar-refractivity contribution in [2.45, 2.75) is 59.3 Å². The highest BCUT2D eigenvalue weighted by Gasteiger charge is 2.29. The summed E-state index contributed by atoms with van der Waals surface area (Å²) in [5.74, 6) is -1.36. The lowest BCUT2D eigenvalue weighted by molar-refractivity contribution is -0.384. The third kappa shape index (κ3) is 9.27. The average Bonchev–Trinajstić information content (AvgIpc) is 2.80. The Balaban J connectivity index is 2.63. The lowest BCUT2D eigenvalue weighted by Crippen LogP contribution is -2.37. The van der Waals surface area contributed by atoms with E-state index < -0.39 is 40.6 Å². The van der Waals surface area contributed by atoms with Gasteiger partial charge in [-0.15, -0.1) is 0 Å². The van der Waals surface area contributed by atoms with Crippen molar-refractivity contribution in [2.75, 3.05) is 5.32 Å². The Hall–Kier alpha value is -4.43. The first-order chi connectivity index (χ1) is 17.3. The van der Waals surface area contributed by atoms with E-state index in [4.69, 9.17) is 9.47 Å². The van der Waals surface area contributed by atoms with Crippen LogP contribution in [0, 0.1) is 10.1 Å². The number of hydrogen-bond acceptors (Lipinski definition) is 7. The van der Waals surface area contributed by atoms with E-state index in [1.54, 1.807) is 65.0 Å². The van der Waals surface area contributed by atoms with Crippen LogP contribution in [0.25, 0.3) is 0 Å². The number of nitro groups is 1. The number of ether oxygens (including phenoxy) is 2. The first-order valence-corrected chi connectivity index (χ1v) is 11.6. The third-order valence-corrected chi connectivity index (χ3v) is 4.64. The van der Waals surface area contributed by atoms with E-state index in [0.29, 0.717) is 11.3 Å². The summed E-state index contributed by atoms with van der Waals surface area (Å²) in [4.78, 5) is 49.2. The molecule has 2 N–H and O–H groups in total. The highest BCUT2D eigenvalue weighted by atomic mass is 16.6. The first kappa shape index (κ1) is 28.8. The highest BCUT2D eigenvalue weighted by molar-refractivity contribution is 6.04. The molecule has 0 radical (unpaired) electrons. The van der Waals surface area contributed by atoms with E-state index in [9.17, 15) is 24.5 Å². The third-order valence-electron chi connectivity index (χ3n) is 4.64. The molecule has 196 valence electrons. The summed E-state index contributed by atoms with van der Waals surface area (Å²) in [6.07, 6.45) is -1.36. The van der Waals surface area contributed by atoms with Crippen molar-refractivity contribution in [3.8, 4) is 0 Å². The normalized spacial score (nSPS) is 11.5. The number of carbonyl (C=O) groups excluding carboxylic acids is 3. The minimum absolute atomic E-state index is 0.0393. The zero-order chi connectivity index (χ0) is 27.8. The molecule has 10 heteroatoms. The molecule has 1 unspecified atom stereocenters. The number of rotatable bonds is 8. The van der Waals surface area contributed by atoms with Crippen LogP contribution in [0.15, 0.2) is 71.5 Å². The molecule has 0 fully saturated rings. The van der Waals surface area contributed by atoms with Crippen LogP contribution in [-0.2, 0) is 19.1 Å². The van der Waals surface area contributed by atoms with Crippen LogP contribution in [0.1, 0.15) is 53.1 Å². The minimum atomic E-state index is -1.19. The van der Waals surface area contributed by atoms with Gasteiger partial charge in [-0.1, -0.05) is 23.9 Å². The van der Waals surface area contributed by atoms with Crippen molar-refractivity contribution < 1.29 is 28.8 Å². The SMILES string of the molecule is CC(=C=C(C(=O)OC(C)C)C(NC(=O)OC(C)(C)C)c1ccc([N+](=O)[O-])cc1)C(=O)Nc1ccccc1. The fourth-order valence-electron chi connectivity index (χ4n) is 3.06. The molecule has 10 nitrogen and oxygen atoms in total. The Kier molecular flexibility index (Phi) is 9.74. The Labute approximate surface area is 215 Å². The van der Waals surface area contributed by atoms with Crippen LogP contribution in [-0.4, -0.2) is 34.6 Å². The van der Waals surface area contributed by atoms with Crippen LogP contribution < -0.4 is 10.6 Å². The van der Waals surface area contributed by atoms with Crippen LogP contribution in [0.3, 0.4) is 0 Å². The summed E-state index contributed by atoms with van der Waals surface area (Å²) >= 11 is 0. The van der Waals surface area contributed by atoms with E-state index in [1.165, 1.54) is 31.2 Å². The molecule has 0 saturated heterocycles. The number of carbonyl (C=O) groups is 3. The zero-order valence-electron chi connectivity index (χ0n) is 21.7. The Morgan fingerprint density at radius 1 is 1.00 bits per heavy atom. The molecule has 0 aromatic heterocycles. The van der Waals surface area contributed by atoms with Gasteiger partial charge in [-0.3, -0.25) is 14.9 Å². The molecule has 0 spiro atoms. The second-order valence-corrected chi connectivity index (χ2v) is 9.37. The predicted octanol–water partition coefficient (Wildman–Crippen LogP) is 5.22. The second-order valence-electron chi connectivity index (χ2n) is 9.37. The van der Waals surface area contributed by atoms with E-state index in [2.05, 4.69) is 16.4 Å². The number of nitrogens with one attached hydrogen (secondary N) is 2. The van der Waals surface area contributed by atoms with Crippen molar-refractivity contribution in [3.05, 3.63) is 87.2 Å². The molecule has 1 atom stereocenters. The maximum atomic E-state index is 13.2. The van der Waals surface area contributed by atoms with Gasteiger partial charge in [0.1, 0.15) is 11.2 Å². The fourth-order valence-corrected chi connectivity index (χ4v) is 3.06. The minimum Gasteiger partial charge on any atom is -0.459 e. The van der Waals surface area contributed by atoms with Gasteiger partial charge < -0.3 is 20.1 Å². The van der Waals surface area contributed by atoms with Gasteiger partial charge >= 0.3 is 12.1 Å². The summed E-state index contributed by atoms with van der Waals surface area (Å²) in [5.41, 5.74) is 2.48.